The van der Waals surface area contributed by atoms with Gasteiger partial charge in [0.1, 0.15) is 5.82 Å². The van der Waals surface area contributed by atoms with Crippen LogP contribution in [0, 0.1) is 6.92 Å². The smallest absolute Gasteiger partial charge is 0.142 e. The number of hydrogen-bond acceptors (Lipinski definition) is 3. The topological polar surface area (TPSA) is 34.0 Å². The lowest BCUT2D eigenvalue weighted by Crippen LogP contribution is -2.21. The van der Waals surface area contributed by atoms with Gasteiger partial charge in [-0.2, -0.15) is 0 Å². The molecular weight excluding hydrogens is 292 g/mol. The standard InChI is InChI=1S/C13H17BrN4/c1-11-8-12(14)13(16-9-11)17(2)5-3-6-18-7-4-15-10-18/h4,7-10H,3,5-6H2,1-2H3. The zero-order valence-electron chi connectivity index (χ0n) is 10.7. The van der Waals surface area contributed by atoms with Gasteiger partial charge >= 0.3 is 0 Å². The van der Waals surface area contributed by atoms with Crippen molar-refractivity contribution in [3.8, 4) is 0 Å². The van der Waals surface area contributed by atoms with Crippen LogP contribution in [0.1, 0.15) is 12.0 Å². The van der Waals surface area contributed by atoms with Gasteiger partial charge < -0.3 is 9.47 Å². The van der Waals surface area contributed by atoms with E-state index in [2.05, 4.69) is 48.5 Å². The van der Waals surface area contributed by atoms with Gasteiger partial charge in [0.25, 0.3) is 0 Å². The third-order valence-electron chi connectivity index (χ3n) is 2.79. The fourth-order valence-corrected chi connectivity index (χ4v) is 2.59. The second-order valence-electron chi connectivity index (χ2n) is 4.39. The minimum Gasteiger partial charge on any atom is -0.359 e. The van der Waals surface area contributed by atoms with Crippen LogP contribution in [0.4, 0.5) is 5.82 Å². The molecule has 0 aromatic carbocycles. The fourth-order valence-electron chi connectivity index (χ4n) is 1.82. The second kappa shape index (κ2) is 6.00. The van der Waals surface area contributed by atoms with Crippen molar-refractivity contribution in [3.63, 3.8) is 0 Å². The molecule has 0 N–H and O–H groups in total. The summed E-state index contributed by atoms with van der Waals surface area (Å²) in [5.41, 5.74) is 1.16. The normalized spacial score (nSPS) is 10.6. The van der Waals surface area contributed by atoms with Crippen LogP contribution in [-0.4, -0.2) is 28.1 Å². The number of aromatic nitrogens is 3. The maximum absolute atomic E-state index is 4.45. The molecule has 0 atom stereocenters. The van der Waals surface area contributed by atoms with Crippen LogP contribution in [0.25, 0.3) is 0 Å². The number of rotatable bonds is 5. The predicted octanol–water partition coefficient (Wildman–Crippen LogP) is 2.88. The number of pyridine rings is 1. The van der Waals surface area contributed by atoms with Crippen molar-refractivity contribution < 1.29 is 0 Å². The molecule has 0 saturated heterocycles. The summed E-state index contributed by atoms with van der Waals surface area (Å²) in [5, 5.41) is 0. The average Bonchev–Trinajstić information content (AvgIpc) is 2.81. The lowest BCUT2D eigenvalue weighted by Gasteiger charge is -2.19. The largest absolute Gasteiger partial charge is 0.359 e. The van der Waals surface area contributed by atoms with Gasteiger partial charge in [0.05, 0.1) is 10.8 Å². The minimum absolute atomic E-state index is 0.965. The molecule has 0 radical (unpaired) electrons. The molecule has 96 valence electrons. The highest BCUT2D eigenvalue weighted by Gasteiger charge is 2.07. The van der Waals surface area contributed by atoms with Gasteiger partial charge in [-0.05, 0) is 40.9 Å². The van der Waals surface area contributed by atoms with Crippen molar-refractivity contribution in [3.05, 3.63) is 41.0 Å². The average molecular weight is 309 g/mol. The lowest BCUT2D eigenvalue weighted by atomic mass is 10.3. The zero-order valence-corrected chi connectivity index (χ0v) is 12.3. The monoisotopic (exact) mass is 308 g/mol. The summed E-state index contributed by atoms with van der Waals surface area (Å²) in [6, 6.07) is 2.09. The molecule has 4 nitrogen and oxygen atoms in total. The zero-order chi connectivity index (χ0) is 13.0. The Labute approximate surface area is 116 Å². The van der Waals surface area contributed by atoms with Crippen molar-refractivity contribution in [2.24, 2.45) is 0 Å². The lowest BCUT2D eigenvalue weighted by molar-refractivity contribution is 0.635. The van der Waals surface area contributed by atoms with E-state index in [1.54, 1.807) is 0 Å². The summed E-state index contributed by atoms with van der Waals surface area (Å²) in [5.74, 6) is 0.992. The third-order valence-corrected chi connectivity index (χ3v) is 3.37. The first-order valence-corrected chi connectivity index (χ1v) is 6.75. The van der Waals surface area contributed by atoms with Gasteiger partial charge in [0, 0.05) is 38.7 Å². The van der Waals surface area contributed by atoms with Crippen LogP contribution >= 0.6 is 15.9 Å². The van der Waals surface area contributed by atoms with E-state index in [0.29, 0.717) is 0 Å². The van der Waals surface area contributed by atoms with Gasteiger partial charge in [-0.25, -0.2) is 9.97 Å². The molecule has 2 heterocycles. The van der Waals surface area contributed by atoms with E-state index in [9.17, 15) is 0 Å². The first-order valence-electron chi connectivity index (χ1n) is 5.96. The second-order valence-corrected chi connectivity index (χ2v) is 5.25. The third kappa shape index (κ3) is 3.32. The SMILES string of the molecule is Cc1cnc(N(C)CCCn2ccnc2)c(Br)c1. The van der Waals surface area contributed by atoms with Crippen LogP contribution < -0.4 is 4.90 Å². The summed E-state index contributed by atoms with van der Waals surface area (Å²) < 4.78 is 3.14. The molecule has 2 aromatic heterocycles. The van der Waals surface area contributed by atoms with E-state index in [4.69, 9.17) is 0 Å². The molecule has 0 aliphatic carbocycles. The number of halogens is 1. The van der Waals surface area contributed by atoms with Gasteiger partial charge in [-0.3, -0.25) is 0 Å². The summed E-state index contributed by atoms with van der Waals surface area (Å²) in [7, 11) is 2.07. The molecule has 5 heteroatoms. The van der Waals surface area contributed by atoms with E-state index < -0.39 is 0 Å². The quantitative estimate of drug-likeness (QED) is 0.851. The maximum atomic E-state index is 4.45. The van der Waals surface area contributed by atoms with E-state index in [1.807, 2.05) is 31.8 Å². The van der Waals surface area contributed by atoms with Crippen molar-refractivity contribution in [2.75, 3.05) is 18.5 Å². The summed E-state index contributed by atoms with van der Waals surface area (Å²) in [4.78, 5) is 10.7. The number of aryl methyl sites for hydroxylation is 2. The number of anilines is 1. The highest BCUT2D eigenvalue weighted by Crippen LogP contribution is 2.23. The van der Waals surface area contributed by atoms with Crippen LogP contribution in [-0.2, 0) is 6.54 Å². The molecule has 0 amide bonds. The Morgan fingerprint density at radius 1 is 1.44 bits per heavy atom. The first-order chi connectivity index (χ1) is 8.66. The Morgan fingerprint density at radius 3 is 2.94 bits per heavy atom. The van der Waals surface area contributed by atoms with Crippen molar-refractivity contribution in [1.82, 2.24) is 14.5 Å². The Kier molecular flexibility index (Phi) is 4.36. The van der Waals surface area contributed by atoms with E-state index >= 15 is 0 Å². The molecule has 0 aliphatic heterocycles. The minimum atomic E-state index is 0.965. The number of hydrogen-bond donors (Lipinski definition) is 0. The molecule has 18 heavy (non-hydrogen) atoms. The molecule has 0 saturated carbocycles. The molecule has 0 aliphatic rings. The van der Waals surface area contributed by atoms with Crippen LogP contribution in [0.5, 0.6) is 0 Å². The number of nitrogens with zero attached hydrogens (tertiary/aromatic N) is 4. The molecule has 0 fully saturated rings. The highest BCUT2D eigenvalue weighted by atomic mass is 79.9. The fraction of sp³-hybridized carbons (Fsp3) is 0.385. The Bertz CT molecular complexity index is 496. The van der Waals surface area contributed by atoms with Gasteiger partial charge in [0.15, 0.2) is 0 Å². The molecule has 0 unspecified atom stereocenters. The summed E-state index contributed by atoms with van der Waals surface area (Å²) >= 11 is 3.56. The van der Waals surface area contributed by atoms with Gasteiger partial charge in [-0.1, -0.05) is 0 Å². The molecule has 0 spiro atoms. The Hall–Kier alpha value is -1.36. The van der Waals surface area contributed by atoms with Crippen LogP contribution in [0.2, 0.25) is 0 Å². The summed E-state index contributed by atoms with van der Waals surface area (Å²) in [6.45, 7) is 3.99. The highest BCUT2D eigenvalue weighted by molar-refractivity contribution is 9.10. The van der Waals surface area contributed by atoms with Gasteiger partial charge in [0.2, 0.25) is 0 Å². The van der Waals surface area contributed by atoms with Crippen molar-refractivity contribution in [2.45, 2.75) is 19.9 Å². The summed E-state index contributed by atoms with van der Waals surface area (Å²) in [6.07, 6.45) is 8.60. The molecular formula is C13H17BrN4. The van der Waals surface area contributed by atoms with E-state index in [-0.39, 0.29) is 0 Å². The van der Waals surface area contributed by atoms with E-state index in [0.717, 1.165) is 35.4 Å². The Morgan fingerprint density at radius 2 is 2.28 bits per heavy atom. The molecule has 0 bridgehead atoms. The molecule has 2 aromatic rings. The maximum Gasteiger partial charge on any atom is 0.142 e. The predicted molar refractivity (Wildman–Crippen MR) is 76.8 cm³/mol. The van der Waals surface area contributed by atoms with Crippen molar-refractivity contribution >= 4 is 21.7 Å². The van der Waals surface area contributed by atoms with Crippen LogP contribution in [0.15, 0.2) is 35.5 Å². The molecule has 2 rings (SSSR count). The van der Waals surface area contributed by atoms with E-state index in [1.165, 1.54) is 0 Å². The van der Waals surface area contributed by atoms with Crippen molar-refractivity contribution in [1.29, 1.82) is 0 Å². The number of imidazole rings is 1. The Balaban J connectivity index is 1.89. The van der Waals surface area contributed by atoms with Gasteiger partial charge in [-0.15, -0.1) is 0 Å². The first kappa shape index (κ1) is 13.1. The van der Waals surface area contributed by atoms with Crippen LogP contribution in [0.3, 0.4) is 0 Å².